The zero-order valence-electron chi connectivity index (χ0n) is 17.2. The Morgan fingerprint density at radius 2 is 1.94 bits per heavy atom. The molecule has 3 heterocycles. The van der Waals surface area contributed by atoms with E-state index < -0.39 is 11.4 Å². The van der Waals surface area contributed by atoms with Crippen LogP contribution in [-0.2, 0) is 6.54 Å². The van der Waals surface area contributed by atoms with E-state index in [9.17, 15) is 4.79 Å². The second-order valence-corrected chi connectivity index (χ2v) is 7.71. The molecular formula is C23H23FN2O5. The topological polar surface area (TPSA) is 73.2 Å². The maximum Gasteiger partial charge on any atom is 0.374 e. The van der Waals surface area contributed by atoms with Gasteiger partial charge >= 0.3 is 5.63 Å². The molecule has 1 saturated heterocycles. The lowest BCUT2D eigenvalue weighted by Crippen LogP contribution is -2.43. The Kier molecular flexibility index (Phi) is 5.15. The van der Waals surface area contributed by atoms with Crippen molar-refractivity contribution in [2.24, 2.45) is 0 Å². The maximum atomic E-state index is 15.3. The highest BCUT2D eigenvalue weighted by Gasteiger charge is 2.28. The number of benzene rings is 2. The Bertz CT molecular complexity index is 1170. The molecule has 3 aromatic rings. The van der Waals surface area contributed by atoms with Crippen LogP contribution in [0.5, 0.6) is 17.2 Å². The van der Waals surface area contributed by atoms with E-state index >= 15 is 4.39 Å². The number of methoxy groups -OCH3 is 1. The first-order valence-corrected chi connectivity index (χ1v) is 10.3. The maximum absolute atomic E-state index is 15.3. The number of ether oxygens (including phenoxy) is 3. The Morgan fingerprint density at radius 3 is 2.74 bits per heavy atom. The van der Waals surface area contributed by atoms with Crippen LogP contribution in [-0.4, -0.2) is 33.0 Å². The molecule has 0 radical (unpaired) electrons. The first kappa shape index (κ1) is 19.7. The zero-order valence-corrected chi connectivity index (χ0v) is 17.2. The van der Waals surface area contributed by atoms with Crippen LogP contribution in [0.1, 0.15) is 18.4 Å². The van der Waals surface area contributed by atoms with Crippen molar-refractivity contribution in [3.05, 3.63) is 58.2 Å². The molecule has 2 aromatic carbocycles. The molecule has 1 aromatic heterocycles. The molecule has 2 aliphatic heterocycles. The lowest BCUT2D eigenvalue weighted by atomic mass is 10.0. The number of halogens is 1. The third kappa shape index (κ3) is 3.67. The van der Waals surface area contributed by atoms with Crippen LogP contribution in [0.3, 0.4) is 0 Å². The molecule has 5 rings (SSSR count). The van der Waals surface area contributed by atoms with E-state index in [0.29, 0.717) is 34.8 Å². The fourth-order valence-corrected chi connectivity index (χ4v) is 4.30. The minimum Gasteiger partial charge on any atom is -0.497 e. The fraction of sp³-hybridized carbons (Fsp3) is 0.348. The van der Waals surface area contributed by atoms with Crippen LogP contribution >= 0.6 is 0 Å². The molecule has 2 aliphatic rings. The summed E-state index contributed by atoms with van der Waals surface area (Å²) in [4.78, 5) is 14.3. The Hall–Kier alpha value is -3.26. The van der Waals surface area contributed by atoms with Gasteiger partial charge in [0.05, 0.1) is 12.8 Å². The average Bonchev–Trinajstić information content (AvgIpc) is 3.27. The van der Waals surface area contributed by atoms with E-state index in [-0.39, 0.29) is 18.5 Å². The predicted molar refractivity (Wildman–Crippen MR) is 114 cm³/mol. The van der Waals surface area contributed by atoms with E-state index in [1.165, 1.54) is 0 Å². The number of rotatable bonds is 5. The van der Waals surface area contributed by atoms with Crippen LogP contribution in [0.4, 0.5) is 10.1 Å². The number of nitrogens with zero attached hydrogens (tertiary/aromatic N) is 1. The minimum absolute atomic E-state index is 0.0531. The van der Waals surface area contributed by atoms with Gasteiger partial charge in [0.2, 0.25) is 12.6 Å². The van der Waals surface area contributed by atoms with Crippen molar-refractivity contribution in [1.82, 2.24) is 5.32 Å². The molecule has 0 unspecified atom stereocenters. The number of hydrogen-bond donors (Lipinski definition) is 1. The van der Waals surface area contributed by atoms with Crippen molar-refractivity contribution in [1.29, 1.82) is 0 Å². The average molecular weight is 426 g/mol. The molecule has 0 spiro atoms. The Morgan fingerprint density at radius 1 is 1.13 bits per heavy atom. The van der Waals surface area contributed by atoms with Gasteiger partial charge in [0, 0.05) is 18.0 Å². The highest BCUT2D eigenvalue weighted by atomic mass is 19.1. The van der Waals surface area contributed by atoms with Crippen LogP contribution in [0.2, 0.25) is 0 Å². The second kappa shape index (κ2) is 8.11. The summed E-state index contributed by atoms with van der Waals surface area (Å²) in [7, 11) is 1.55. The highest BCUT2D eigenvalue weighted by Crippen LogP contribution is 2.37. The molecule has 0 aliphatic carbocycles. The van der Waals surface area contributed by atoms with Gasteiger partial charge in [-0.15, -0.1) is 0 Å². The van der Waals surface area contributed by atoms with E-state index in [2.05, 4.69) is 5.32 Å². The smallest absolute Gasteiger partial charge is 0.374 e. The predicted octanol–water partition coefficient (Wildman–Crippen LogP) is 3.43. The molecule has 0 atom stereocenters. The second-order valence-electron chi connectivity index (χ2n) is 7.71. The van der Waals surface area contributed by atoms with Crippen LogP contribution < -0.4 is 30.1 Å². The molecule has 1 fully saturated rings. The monoisotopic (exact) mass is 426 g/mol. The van der Waals surface area contributed by atoms with Crippen LogP contribution in [0.25, 0.3) is 11.0 Å². The molecule has 8 heteroatoms. The SMILES string of the molecule is COc1ccc2oc(=O)c(F)c(N(Cc3ccc4c(c3)OCO4)C3CCNCC3)c2c1. The van der Waals surface area contributed by atoms with Gasteiger partial charge in [-0.25, -0.2) is 4.79 Å². The third-order valence-electron chi connectivity index (χ3n) is 5.86. The summed E-state index contributed by atoms with van der Waals surface area (Å²) in [5.41, 5.74) is 0.533. The van der Waals surface area contributed by atoms with E-state index in [1.54, 1.807) is 25.3 Å². The van der Waals surface area contributed by atoms with Crippen LogP contribution in [0, 0.1) is 5.82 Å². The lowest BCUT2D eigenvalue weighted by Gasteiger charge is -2.37. The van der Waals surface area contributed by atoms with Gasteiger partial charge in [0.1, 0.15) is 11.3 Å². The summed E-state index contributed by atoms with van der Waals surface area (Å²) < 4.78 is 36.8. The Labute approximate surface area is 178 Å². The molecule has 7 nitrogen and oxygen atoms in total. The zero-order chi connectivity index (χ0) is 21.4. The van der Waals surface area contributed by atoms with Crippen molar-refractivity contribution >= 4 is 16.7 Å². The molecule has 0 bridgehead atoms. The molecule has 162 valence electrons. The molecular weight excluding hydrogens is 403 g/mol. The summed E-state index contributed by atoms with van der Waals surface area (Å²) in [6, 6.07) is 10.8. The van der Waals surface area contributed by atoms with Crippen molar-refractivity contribution in [3.8, 4) is 17.2 Å². The quantitative estimate of drug-likeness (QED) is 0.627. The van der Waals surface area contributed by atoms with Crippen molar-refractivity contribution in [3.63, 3.8) is 0 Å². The first-order valence-electron chi connectivity index (χ1n) is 10.3. The van der Waals surface area contributed by atoms with Gasteiger partial charge in [0.15, 0.2) is 11.5 Å². The third-order valence-corrected chi connectivity index (χ3v) is 5.86. The van der Waals surface area contributed by atoms with Crippen LogP contribution in [0.15, 0.2) is 45.6 Å². The van der Waals surface area contributed by atoms with Gasteiger partial charge in [-0.1, -0.05) is 6.07 Å². The van der Waals surface area contributed by atoms with Crippen molar-refractivity contribution in [2.75, 3.05) is 31.9 Å². The first-order chi connectivity index (χ1) is 15.1. The lowest BCUT2D eigenvalue weighted by molar-refractivity contribution is 0.174. The number of anilines is 1. The number of fused-ring (bicyclic) bond motifs is 2. The highest BCUT2D eigenvalue weighted by molar-refractivity contribution is 5.91. The molecule has 0 saturated carbocycles. The molecule has 31 heavy (non-hydrogen) atoms. The van der Waals surface area contributed by atoms with Gasteiger partial charge in [-0.2, -0.15) is 4.39 Å². The van der Waals surface area contributed by atoms with Gasteiger partial charge < -0.3 is 28.8 Å². The summed E-state index contributed by atoms with van der Waals surface area (Å²) in [5.74, 6) is 1.04. The number of hydrogen-bond acceptors (Lipinski definition) is 7. The van der Waals surface area contributed by atoms with Gasteiger partial charge in [-0.3, -0.25) is 0 Å². The summed E-state index contributed by atoms with van der Waals surface area (Å²) >= 11 is 0. The largest absolute Gasteiger partial charge is 0.497 e. The van der Waals surface area contributed by atoms with E-state index in [4.69, 9.17) is 18.6 Å². The van der Waals surface area contributed by atoms with Gasteiger partial charge in [-0.05, 0) is 61.8 Å². The van der Waals surface area contributed by atoms with E-state index in [0.717, 1.165) is 31.5 Å². The van der Waals surface area contributed by atoms with Crippen molar-refractivity contribution < 1.29 is 23.0 Å². The molecule has 1 N–H and O–H groups in total. The standard InChI is InChI=1S/C23H23FN2O5/c1-28-16-3-5-18-17(11-16)22(21(24)23(27)31-18)26(15-6-8-25-9-7-15)12-14-2-4-19-20(10-14)30-13-29-19/h2-5,10-11,15,25H,6-9,12-13H2,1H3. The van der Waals surface area contributed by atoms with E-state index in [1.807, 2.05) is 23.1 Å². The summed E-state index contributed by atoms with van der Waals surface area (Å²) in [5, 5.41) is 3.85. The number of nitrogens with one attached hydrogen (secondary N) is 1. The minimum atomic E-state index is -0.975. The Balaban J connectivity index is 1.65. The number of piperidine rings is 1. The van der Waals surface area contributed by atoms with Gasteiger partial charge in [0.25, 0.3) is 0 Å². The summed E-state index contributed by atoms with van der Waals surface area (Å²) in [6.45, 7) is 2.25. The normalized spacial score (nSPS) is 15.9. The fourth-order valence-electron chi connectivity index (χ4n) is 4.30. The van der Waals surface area contributed by atoms with Crippen molar-refractivity contribution in [2.45, 2.75) is 25.4 Å². The molecule has 0 amide bonds. The summed E-state index contributed by atoms with van der Waals surface area (Å²) in [6.07, 6.45) is 1.66.